The predicted octanol–water partition coefficient (Wildman–Crippen LogP) is 2.35. The number of carbonyl (C=O) groups is 1. The number of aromatic nitrogens is 2. The number of phenols is 1. The standard InChI is InChI=1S/C13H14N2O3/c1-3-8-5-9(7(2)4-12(8)16)10-6-11(13(17)18)15-14-10/h4-6,16H,3H2,1-2H3,(H,14,15)(H,17,18). The highest BCUT2D eigenvalue weighted by Gasteiger charge is 2.13. The van der Waals surface area contributed by atoms with Gasteiger partial charge in [-0.25, -0.2) is 4.79 Å². The Kier molecular flexibility index (Phi) is 3.06. The first-order valence-corrected chi connectivity index (χ1v) is 5.64. The minimum Gasteiger partial charge on any atom is -0.508 e. The number of nitrogens with zero attached hydrogens (tertiary/aromatic N) is 1. The van der Waals surface area contributed by atoms with Gasteiger partial charge in [-0.15, -0.1) is 0 Å². The molecule has 0 spiro atoms. The van der Waals surface area contributed by atoms with E-state index in [1.165, 1.54) is 6.07 Å². The molecule has 0 bridgehead atoms. The van der Waals surface area contributed by atoms with Crippen molar-refractivity contribution in [3.05, 3.63) is 35.0 Å². The molecule has 0 saturated carbocycles. The van der Waals surface area contributed by atoms with Gasteiger partial charge in [-0.2, -0.15) is 5.10 Å². The normalized spacial score (nSPS) is 10.6. The highest BCUT2D eigenvalue weighted by Crippen LogP contribution is 2.29. The molecule has 0 radical (unpaired) electrons. The summed E-state index contributed by atoms with van der Waals surface area (Å²) in [6.07, 6.45) is 0.704. The molecule has 0 unspecified atom stereocenters. The number of phenolic OH excluding ortho intramolecular Hbond substituents is 1. The van der Waals surface area contributed by atoms with Crippen molar-refractivity contribution in [1.29, 1.82) is 0 Å². The molecule has 5 heteroatoms. The van der Waals surface area contributed by atoms with E-state index in [0.29, 0.717) is 12.1 Å². The van der Waals surface area contributed by atoms with Crippen LogP contribution in [0.3, 0.4) is 0 Å². The van der Waals surface area contributed by atoms with Crippen molar-refractivity contribution in [2.75, 3.05) is 0 Å². The Labute approximate surface area is 104 Å². The first kappa shape index (κ1) is 12.2. The Morgan fingerprint density at radius 3 is 2.67 bits per heavy atom. The number of aromatic hydroxyl groups is 1. The molecule has 1 aromatic heterocycles. The third-order valence-electron chi connectivity index (χ3n) is 2.89. The van der Waals surface area contributed by atoms with Gasteiger partial charge in [-0.1, -0.05) is 6.92 Å². The van der Waals surface area contributed by atoms with Crippen LogP contribution in [0.25, 0.3) is 11.3 Å². The van der Waals surface area contributed by atoms with Crippen LogP contribution in [0.5, 0.6) is 5.75 Å². The van der Waals surface area contributed by atoms with Crippen molar-refractivity contribution in [1.82, 2.24) is 10.2 Å². The summed E-state index contributed by atoms with van der Waals surface area (Å²) in [7, 11) is 0. The van der Waals surface area contributed by atoms with Crippen LogP contribution in [0.2, 0.25) is 0 Å². The van der Waals surface area contributed by atoms with E-state index in [1.807, 2.05) is 19.9 Å². The molecule has 2 aromatic rings. The Morgan fingerprint density at radius 2 is 2.11 bits per heavy atom. The molecule has 1 heterocycles. The second-order valence-electron chi connectivity index (χ2n) is 4.12. The number of aromatic carboxylic acids is 1. The molecular formula is C13H14N2O3. The number of rotatable bonds is 3. The SMILES string of the molecule is CCc1cc(-c2cc(C(=O)O)[nH]n2)c(C)cc1O. The fourth-order valence-electron chi connectivity index (χ4n) is 1.87. The van der Waals surface area contributed by atoms with Gasteiger partial charge in [0.1, 0.15) is 11.4 Å². The maximum Gasteiger partial charge on any atom is 0.353 e. The molecule has 0 aliphatic rings. The van der Waals surface area contributed by atoms with Gasteiger partial charge in [0.25, 0.3) is 0 Å². The van der Waals surface area contributed by atoms with Crippen molar-refractivity contribution < 1.29 is 15.0 Å². The number of nitrogens with one attached hydrogen (secondary N) is 1. The molecule has 94 valence electrons. The number of carboxylic acid groups (broad SMARTS) is 1. The van der Waals surface area contributed by atoms with E-state index in [2.05, 4.69) is 10.2 Å². The summed E-state index contributed by atoms with van der Waals surface area (Å²) in [5.74, 6) is -0.784. The second kappa shape index (κ2) is 4.52. The van der Waals surface area contributed by atoms with E-state index in [0.717, 1.165) is 16.7 Å². The van der Waals surface area contributed by atoms with Crippen LogP contribution in [-0.2, 0) is 6.42 Å². The van der Waals surface area contributed by atoms with Crippen molar-refractivity contribution in [3.8, 4) is 17.0 Å². The summed E-state index contributed by atoms with van der Waals surface area (Å²) >= 11 is 0. The zero-order valence-corrected chi connectivity index (χ0v) is 10.2. The lowest BCUT2D eigenvalue weighted by atomic mass is 10.00. The quantitative estimate of drug-likeness (QED) is 0.775. The molecular weight excluding hydrogens is 232 g/mol. The maximum absolute atomic E-state index is 10.8. The summed E-state index contributed by atoms with van der Waals surface area (Å²) in [6, 6.07) is 5.00. The molecule has 0 amide bonds. The fourth-order valence-corrected chi connectivity index (χ4v) is 1.87. The smallest absolute Gasteiger partial charge is 0.353 e. The van der Waals surface area contributed by atoms with E-state index in [1.54, 1.807) is 6.07 Å². The van der Waals surface area contributed by atoms with Gasteiger partial charge in [0.05, 0.1) is 5.69 Å². The van der Waals surface area contributed by atoms with Gasteiger partial charge in [0.15, 0.2) is 0 Å². The summed E-state index contributed by atoms with van der Waals surface area (Å²) < 4.78 is 0. The number of hydrogen-bond acceptors (Lipinski definition) is 3. The van der Waals surface area contributed by atoms with Crippen LogP contribution in [0.4, 0.5) is 0 Å². The molecule has 1 aromatic carbocycles. The average Bonchev–Trinajstić information content (AvgIpc) is 2.78. The summed E-state index contributed by atoms with van der Waals surface area (Å²) in [6.45, 7) is 3.80. The van der Waals surface area contributed by atoms with Gasteiger partial charge < -0.3 is 10.2 Å². The molecule has 0 fully saturated rings. The lowest BCUT2D eigenvalue weighted by Crippen LogP contribution is -1.95. The van der Waals surface area contributed by atoms with E-state index < -0.39 is 5.97 Å². The fraction of sp³-hybridized carbons (Fsp3) is 0.231. The van der Waals surface area contributed by atoms with E-state index in [-0.39, 0.29) is 11.4 Å². The number of aryl methyl sites for hydroxylation is 2. The third-order valence-corrected chi connectivity index (χ3v) is 2.89. The van der Waals surface area contributed by atoms with Gasteiger partial charge in [0.2, 0.25) is 0 Å². The van der Waals surface area contributed by atoms with Crippen molar-refractivity contribution in [2.45, 2.75) is 20.3 Å². The Morgan fingerprint density at radius 1 is 1.39 bits per heavy atom. The largest absolute Gasteiger partial charge is 0.508 e. The Balaban J connectivity index is 2.52. The van der Waals surface area contributed by atoms with Crippen LogP contribution in [0.15, 0.2) is 18.2 Å². The zero-order valence-electron chi connectivity index (χ0n) is 10.2. The summed E-state index contributed by atoms with van der Waals surface area (Å²) in [4.78, 5) is 10.8. The highest BCUT2D eigenvalue weighted by molar-refractivity contribution is 5.87. The number of hydrogen-bond donors (Lipinski definition) is 3. The minimum absolute atomic E-state index is 0.0514. The van der Waals surface area contributed by atoms with Crippen LogP contribution in [-0.4, -0.2) is 26.4 Å². The molecule has 0 saturated heterocycles. The molecule has 18 heavy (non-hydrogen) atoms. The van der Waals surface area contributed by atoms with E-state index >= 15 is 0 Å². The first-order valence-electron chi connectivity index (χ1n) is 5.64. The number of aromatic amines is 1. The lowest BCUT2D eigenvalue weighted by molar-refractivity contribution is 0.0690. The molecule has 0 aliphatic heterocycles. The van der Waals surface area contributed by atoms with E-state index in [9.17, 15) is 9.90 Å². The Hall–Kier alpha value is -2.30. The lowest BCUT2D eigenvalue weighted by Gasteiger charge is -2.07. The van der Waals surface area contributed by atoms with Crippen LogP contribution >= 0.6 is 0 Å². The maximum atomic E-state index is 10.8. The Bertz CT molecular complexity index is 602. The van der Waals surface area contributed by atoms with Crippen molar-refractivity contribution >= 4 is 5.97 Å². The van der Waals surface area contributed by atoms with Gasteiger partial charge in [-0.3, -0.25) is 5.10 Å². The second-order valence-corrected chi connectivity index (χ2v) is 4.12. The van der Waals surface area contributed by atoms with Gasteiger partial charge in [0, 0.05) is 5.56 Å². The first-order chi connectivity index (χ1) is 8.52. The number of H-pyrrole nitrogens is 1. The minimum atomic E-state index is -1.04. The summed E-state index contributed by atoms with van der Waals surface area (Å²) in [5.41, 5.74) is 3.12. The van der Waals surface area contributed by atoms with Crippen LogP contribution in [0, 0.1) is 6.92 Å². The van der Waals surface area contributed by atoms with Crippen LogP contribution in [0.1, 0.15) is 28.5 Å². The predicted molar refractivity (Wildman–Crippen MR) is 66.8 cm³/mol. The van der Waals surface area contributed by atoms with Crippen molar-refractivity contribution in [3.63, 3.8) is 0 Å². The molecule has 3 N–H and O–H groups in total. The topological polar surface area (TPSA) is 86.2 Å². The molecule has 5 nitrogen and oxygen atoms in total. The third kappa shape index (κ3) is 2.07. The monoisotopic (exact) mass is 246 g/mol. The zero-order chi connectivity index (χ0) is 13.3. The molecule has 0 aliphatic carbocycles. The number of benzene rings is 1. The highest BCUT2D eigenvalue weighted by atomic mass is 16.4. The van der Waals surface area contributed by atoms with Crippen molar-refractivity contribution in [2.24, 2.45) is 0 Å². The van der Waals surface area contributed by atoms with Gasteiger partial charge >= 0.3 is 5.97 Å². The summed E-state index contributed by atoms with van der Waals surface area (Å²) in [5, 5.41) is 25.0. The van der Waals surface area contributed by atoms with Gasteiger partial charge in [-0.05, 0) is 42.7 Å². The van der Waals surface area contributed by atoms with E-state index in [4.69, 9.17) is 5.11 Å². The molecule has 0 atom stereocenters. The number of carboxylic acids is 1. The molecule has 2 rings (SSSR count). The average molecular weight is 246 g/mol. The van der Waals surface area contributed by atoms with Crippen LogP contribution < -0.4 is 0 Å².